The third-order valence-corrected chi connectivity index (χ3v) is 4.63. The molecule has 152 valence electrons. The van der Waals surface area contributed by atoms with Gasteiger partial charge in [0.1, 0.15) is 11.3 Å². The van der Waals surface area contributed by atoms with Crippen LogP contribution in [0.15, 0.2) is 63.8 Å². The zero-order valence-corrected chi connectivity index (χ0v) is 16.0. The van der Waals surface area contributed by atoms with Crippen molar-refractivity contribution < 1.29 is 28.4 Å². The largest absolute Gasteiger partial charge is 0.479 e. The summed E-state index contributed by atoms with van der Waals surface area (Å²) in [5.74, 6) is -1.76. The van der Waals surface area contributed by atoms with Crippen LogP contribution in [0.25, 0.3) is 22.1 Å². The molecule has 2 amide bonds. The Balaban J connectivity index is 1.56. The number of rotatable bonds is 5. The number of amides is 2. The van der Waals surface area contributed by atoms with Crippen LogP contribution < -0.4 is 10.4 Å². The normalized spacial score (nSPS) is 14.8. The number of hydrogen-bond acceptors (Lipinski definition) is 7. The molecule has 1 atom stereocenters. The Bertz CT molecular complexity index is 1180. The minimum atomic E-state index is -1.10. The Hall–Kier alpha value is -3.94. The lowest BCUT2D eigenvalue weighted by molar-refractivity contribution is -0.201. The maximum atomic E-state index is 12.2. The highest BCUT2D eigenvalue weighted by Crippen LogP contribution is 2.30. The van der Waals surface area contributed by atoms with Crippen LogP contribution in [0, 0.1) is 0 Å². The summed E-state index contributed by atoms with van der Waals surface area (Å²) in [7, 11) is 0. The zero-order valence-electron chi connectivity index (χ0n) is 16.0. The molecule has 1 aliphatic heterocycles. The van der Waals surface area contributed by atoms with Crippen molar-refractivity contribution in [2.24, 2.45) is 0 Å². The molecule has 1 aromatic heterocycles. The van der Waals surface area contributed by atoms with Gasteiger partial charge in [0.2, 0.25) is 0 Å². The average Bonchev–Trinajstić information content (AvgIpc) is 3.05. The van der Waals surface area contributed by atoms with Gasteiger partial charge in [-0.05, 0) is 30.2 Å². The van der Waals surface area contributed by atoms with Gasteiger partial charge in [0, 0.05) is 30.4 Å². The van der Waals surface area contributed by atoms with Gasteiger partial charge in [-0.3, -0.25) is 9.59 Å². The third-order valence-electron chi connectivity index (χ3n) is 4.63. The van der Waals surface area contributed by atoms with Crippen molar-refractivity contribution in [3.8, 4) is 16.9 Å². The van der Waals surface area contributed by atoms with Gasteiger partial charge >= 0.3 is 11.6 Å². The van der Waals surface area contributed by atoms with Gasteiger partial charge in [-0.15, -0.1) is 5.06 Å². The van der Waals surface area contributed by atoms with Crippen molar-refractivity contribution in [2.45, 2.75) is 25.9 Å². The third kappa shape index (κ3) is 3.80. The van der Waals surface area contributed by atoms with Gasteiger partial charge in [-0.25, -0.2) is 9.59 Å². The van der Waals surface area contributed by atoms with Gasteiger partial charge in [-0.1, -0.05) is 30.3 Å². The molecule has 0 bridgehead atoms. The molecule has 4 rings (SSSR count). The Morgan fingerprint density at radius 3 is 2.40 bits per heavy atom. The molecule has 8 nitrogen and oxygen atoms in total. The summed E-state index contributed by atoms with van der Waals surface area (Å²) in [6.07, 6.45) is -1.09. The van der Waals surface area contributed by atoms with E-state index in [-0.39, 0.29) is 18.6 Å². The molecule has 1 aliphatic rings. The average molecular weight is 407 g/mol. The number of nitrogens with zero attached hydrogens (tertiary/aromatic N) is 1. The number of benzene rings is 2. The van der Waals surface area contributed by atoms with Crippen LogP contribution in [0.2, 0.25) is 0 Å². The van der Waals surface area contributed by atoms with E-state index >= 15 is 0 Å². The van der Waals surface area contributed by atoms with Crippen molar-refractivity contribution in [2.75, 3.05) is 0 Å². The van der Waals surface area contributed by atoms with Gasteiger partial charge in [0.25, 0.3) is 11.8 Å². The van der Waals surface area contributed by atoms with E-state index in [1.165, 1.54) is 19.1 Å². The molecule has 2 heterocycles. The van der Waals surface area contributed by atoms with Gasteiger partial charge in [0.05, 0.1) is 0 Å². The van der Waals surface area contributed by atoms with Crippen LogP contribution in [0.3, 0.4) is 0 Å². The minimum absolute atomic E-state index is 0.00874. The zero-order chi connectivity index (χ0) is 21.3. The summed E-state index contributed by atoms with van der Waals surface area (Å²) < 4.78 is 10.9. The number of carbonyl (C=O) groups excluding carboxylic acids is 3. The van der Waals surface area contributed by atoms with Crippen LogP contribution in [0.5, 0.6) is 5.75 Å². The number of hydroxylamine groups is 2. The lowest BCUT2D eigenvalue weighted by Gasteiger charge is -2.17. The highest BCUT2D eigenvalue weighted by molar-refractivity contribution is 6.01. The molecule has 1 saturated heterocycles. The van der Waals surface area contributed by atoms with Crippen LogP contribution in [0.1, 0.15) is 19.8 Å². The molecule has 0 unspecified atom stereocenters. The molecular weight excluding hydrogens is 390 g/mol. The Kier molecular flexibility index (Phi) is 5.05. The van der Waals surface area contributed by atoms with Crippen molar-refractivity contribution in [1.82, 2.24) is 5.06 Å². The summed E-state index contributed by atoms with van der Waals surface area (Å²) in [6.45, 7) is 1.42. The van der Waals surface area contributed by atoms with E-state index in [0.29, 0.717) is 21.6 Å². The molecule has 1 fully saturated rings. The lowest BCUT2D eigenvalue weighted by Crippen LogP contribution is -2.37. The number of hydrogen-bond donors (Lipinski definition) is 0. The molecular formula is C22H17NO7. The number of imide groups is 1. The van der Waals surface area contributed by atoms with Crippen molar-refractivity contribution >= 4 is 28.8 Å². The molecule has 0 radical (unpaired) electrons. The van der Waals surface area contributed by atoms with E-state index in [4.69, 9.17) is 14.0 Å². The standard InChI is InChI=1S/C22H17NO7/c1-13(22(27)30-23-19(24)9-10-20(23)25)28-15-7-8-16-17(14-5-3-2-4-6-14)12-21(26)29-18(16)11-15/h2-8,11-13H,9-10H2,1H3/t13-/m1/s1. The fraction of sp³-hybridized carbons (Fsp3) is 0.182. The lowest BCUT2D eigenvalue weighted by atomic mass is 10.0. The molecule has 0 spiro atoms. The predicted octanol–water partition coefficient (Wildman–Crippen LogP) is 2.83. The maximum Gasteiger partial charge on any atom is 0.372 e. The van der Waals surface area contributed by atoms with Gasteiger partial charge in [0.15, 0.2) is 6.10 Å². The first-order valence-corrected chi connectivity index (χ1v) is 9.30. The quantitative estimate of drug-likeness (QED) is 0.473. The first kappa shape index (κ1) is 19.4. The van der Waals surface area contributed by atoms with Gasteiger partial charge in [-0.2, -0.15) is 0 Å². The molecule has 0 saturated carbocycles. The number of carbonyl (C=O) groups is 3. The molecule has 8 heteroatoms. The van der Waals surface area contributed by atoms with E-state index in [2.05, 4.69) is 0 Å². The summed E-state index contributed by atoms with van der Waals surface area (Å²) in [5, 5.41) is 1.17. The molecule has 0 aliphatic carbocycles. The summed E-state index contributed by atoms with van der Waals surface area (Å²) in [4.78, 5) is 52.2. The fourth-order valence-electron chi connectivity index (χ4n) is 3.15. The fourth-order valence-corrected chi connectivity index (χ4v) is 3.15. The van der Waals surface area contributed by atoms with Crippen molar-refractivity contribution in [1.29, 1.82) is 0 Å². The second-order valence-electron chi connectivity index (χ2n) is 6.76. The monoisotopic (exact) mass is 407 g/mol. The first-order valence-electron chi connectivity index (χ1n) is 9.30. The predicted molar refractivity (Wildman–Crippen MR) is 105 cm³/mol. The Labute approximate surface area is 170 Å². The highest BCUT2D eigenvalue weighted by atomic mass is 16.7. The van der Waals surface area contributed by atoms with Crippen LogP contribution in [0.4, 0.5) is 0 Å². The smallest absolute Gasteiger partial charge is 0.372 e. The van der Waals surface area contributed by atoms with Gasteiger partial charge < -0.3 is 14.0 Å². The Morgan fingerprint density at radius 1 is 1.00 bits per heavy atom. The van der Waals surface area contributed by atoms with Crippen LogP contribution in [-0.2, 0) is 19.2 Å². The van der Waals surface area contributed by atoms with E-state index in [0.717, 1.165) is 5.56 Å². The number of fused-ring (bicyclic) bond motifs is 1. The second-order valence-corrected chi connectivity index (χ2v) is 6.76. The maximum absolute atomic E-state index is 12.2. The highest BCUT2D eigenvalue weighted by Gasteiger charge is 2.34. The van der Waals surface area contributed by atoms with Crippen LogP contribution >= 0.6 is 0 Å². The van der Waals surface area contributed by atoms with E-state index < -0.39 is 29.5 Å². The topological polar surface area (TPSA) is 103 Å². The Morgan fingerprint density at radius 2 is 1.70 bits per heavy atom. The van der Waals surface area contributed by atoms with Crippen LogP contribution in [-0.4, -0.2) is 29.0 Å². The SMILES string of the molecule is C[C@@H](Oc1ccc2c(-c3ccccc3)cc(=O)oc2c1)C(=O)ON1C(=O)CCC1=O. The van der Waals surface area contributed by atoms with E-state index in [9.17, 15) is 19.2 Å². The molecule has 30 heavy (non-hydrogen) atoms. The summed E-state index contributed by atoms with van der Waals surface area (Å²) >= 11 is 0. The summed E-state index contributed by atoms with van der Waals surface area (Å²) in [5.41, 5.74) is 1.36. The van der Waals surface area contributed by atoms with Crippen molar-refractivity contribution in [3.05, 3.63) is 65.0 Å². The minimum Gasteiger partial charge on any atom is -0.479 e. The van der Waals surface area contributed by atoms with Crippen molar-refractivity contribution in [3.63, 3.8) is 0 Å². The molecule has 0 N–H and O–H groups in total. The number of ether oxygens (including phenoxy) is 1. The van der Waals surface area contributed by atoms with E-state index in [1.807, 2.05) is 30.3 Å². The summed E-state index contributed by atoms with van der Waals surface area (Å²) in [6, 6.07) is 15.7. The second kappa shape index (κ2) is 7.82. The molecule has 3 aromatic rings. The first-order chi connectivity index (χ1) is 14.4. The molecule has 2 aromatic carbocycles. The van der Waals surface area contributed by atoms with E-state index in [1.54, 1.807) is 12.1 Å².